The van der Waals surface area contributed by atoms with Gasteiger partial charge in [-0.05, 0) is 57.1 Å². The van der Waals surface area contributed by atoms with Crippen LogP contribution in [0.1, 0.15) is 29.2 Å². The molecule has 0 aliphatic carbocycles. The van der Waals surface area contributed by atoms with Gasteiger partial charge in [-0.25, -0.2) is 0 Å². The van der Waals surface area contributed by atoms with E-state index in [1.54, 1.807) is 7.11 Å². The fourth-order valence-electron chi connectivity index (χ4n) is 3.21. The van der Waals surface area contributed by atoms with Gasteiger partial charge in [0.25, 0.3) is 0 Å². The van der Waals surface area contributed by atoms with Gasteiger partial charge < -0.3 is 20.3 Å². The van der Waals surface area contributed by atoms with Gasteiger partial charge >= 0.3 is 0 Å². The fraction of sp³-hybridized carbons (Fsp3) is 0.647. The molecule has 1 saturated heterocycles. The Kier molecular flexibility index (Phi) is 5.25. The minimum atomic E-state index is 0.0774. The molecule has 1 fully saturated rings. The van der Waals surface area contributed by atoms with Crippen LogP contribution in [0.25, 0.3) is 0 Å². The van der Waals surface area contributed by atoms with Crippen molar-refractivity contribution in [1.82, 2.24) is 9.80 Å². The number of hydrogen-bond acceptors (Lipinski definition) is 4. The molecule has 0 bridgehead atoms. The molecule has 0 spiro atoms. The van der Waals surface area contributed by atoms with Crippen molar-refractivity contribution in [3.05, 3.63) is 28.8 Å². The summed E-state index contributed by atoms with van der Waals surface area (Å²) >= 11 is 0. The van der Waals surface area contributed by atoms with Crippen LogP contribution < -0.4 is 10.5 Å². The summed E-state index contributed by atoms with van der Waals surface area (Å²) in [4.78, 5) is 4.83. The molecule has 1 aliphatic heterocycles. The Morgan fingerprint density at radius 1 is 1.24 bits per heavy atom. The van der Waals surface area contributed by atoms with Crippen molar-refractivity contribution >= 4 is 0 Å². The Bertz CT molecular complexity index is 489. The number of nitrogens with two attached hydrogens (primary N) is 1. The van der Waals surface area contributed by atoms with Gasteiger partial charge in [-0.15, -0.1) is 0 Å². The van der Waals surface area contributed by atoms with Crippen molar-refractivity contribution < 1.29 is 4.74 Å². The van der Waals surface area contributed by atoms with Crippen LogP contribution in [0, 0.1) is 13.8 Å². The second-order valence-corrected chi connectivity index (χ2v) is 6.42. The van der Waals surface area contributed by atoms with Crippen LogP contribution in [0.3, 0.4) is 0 Å². The van der Waals surface area contributed by atoms with Crippen molar-refractivity contribution in [3.63, 3.8) is 0 Å². The van der Waals surface area contributed by atoms with Gasteiger partial charge in [0.1, 0.15) is 5.75 Å². The predicted octanol–water partition coefficient (Wildman–Crippen LogP) is 1.95. The number of likely N-dealkylation sites (N-methyl/N-ethyl adjacent to an activating group) is 2. The van der Waals surface area contributed by atoms with Crippen molar-refractivity contribution in [3.8, 4) is 5.75 Å². The largest absolute Gasteiger partial charge is 0.496 e. The zero-order chi connectivity index (χ0) is 15.6. The molecule has 1 aliphatic rings. The van der Waals surface area contributed by atoms with Crippen LogP contribution in [-0.2, 0) is 0 Å². The van der Waals surface area contributed by atoms with Crippen molar-refractivity contribution in [2.24, 2.45) is 5.73 Å². The lowest BCUT2D eigenvalue weighted by molar-refractivity contribution is 0.104. The van der Waals surface area contributed by atoms with E-state index in [0.29, 0.717) is 6.04 Å². The van der Waals surface area contributed by atoms with Gasteiger partial charge in [0, 0.05) is 31.7 Å². The molecule has 0 saturated carbocycles. The number of nitrogens with zero attached hydrogens (tertiary/aromatic N) is 2. The number of rotatable bonds is 4. The highest BCUT2D eigenvalue weighted by Crippen LogP contribution is 2.28. The third-order valence-corrected chi connectivity index (χ3v) is 4.69. The topological polar surface area (TPSA) is 41.7 Å². The number of benzene rings is 1. The molecule has 21 heavy (non-hydrogen) atoms. The SMILES string of the molecule is COc1cc(C)c(C(N)CC2CN(C)CCN2C)cc1C. The molecule has 1 aromatic carbocycles. The van der Waals surface area contributed by atoms with Crippen LogP contribution in [0.5, 0.6) is 5.75 Å². The average molecular weight is 291 g/mol. The Hall–Kier alpha value is -1.10. The van der Waals surface area contributed by atoms with Crippen LogP contribution >= 0.6 is 0 Å². The summed E-state index contributed by atoms with van der Waals surface area (Å²) in [6, 6.07) is 4.89. The molecule has 0 aromatic heterocycles. The molecule has 4 heteroatoms. The molecule has 1 aromatic rings. The molecule has 2 N–H and O–H groups in total. The van der Waals surface area contributed by atoms with E-state index in [4.69, 9.17) is 10.5 Å². The molecular formula is C17H29N3O. The molecule has 1 heterocycles. The number of piperazine rings is 1. The third kappa shape index (κ3) is 3.76. The predicted molar refractivity (Wildman–Crippen MR) is 87.9 cm³/mol. The first-order valence-corrected chi connectivity index (χ1v) is 7.72. The zero-order valence-corrected chi connectivity index (χ0v) is 14.0. The molecule has 4 nitrogen and oxygen atoms in total. The third-order valence-electron chi connectivity index (χ3n) is 4.69. The lowest BCUT2D eigenvalue weighted by Crippen LogP contribution is -2.50. The van der Waals surface area contributed by atoms with E-state index in [-0.39, 0.29) is 6.04 Å². The highest BCUT2D eigenvalue weighted by molar-refractivity contribution is 5.42. The maximum Gasteiger partial charge on any atom is 0.122 e. The first-order valence-electron chi connectivity index (χ1n) is 7.72. The first-order chi connectivity index (χ1) is 9.92. The summed E-state index contributed by atoms with van der Waals surface area (Å²) in [5.74, 6) is 0.943. The van der Waals surface area contributed by atoms with E-state index in [0.717, 1.165) is 37.4 Å². The van der Waals surface area contributed by atoms with Crippen LogP contribution in [0.4, 0.5) is 0 Å². The Morgan fingerprint density at radius 3 is 2.62 bits per heavy atom. The van der Waals surface area contributed by atoms with E-state index in [1.807, 2.05) is 0 Å². The molecule has 2 rings (SSSR count). The molecule has 0 radical (unpaired) electrons. The highest BCUT2D eigenvalue weighted by Gasteiger charge is 2.25. The van der Waals surface area contributed by atoms with Crippen molar-refractivity contribution in [2.45, 2.75) is 32.4 Å². The van der Waals surface area contributed by atoms with Gasteiger partial charge in [-0.1, -0.05) is 6.07 Å². The number of ether oxygens (including phenoxy) is 1. The summed E-state index contributed by atoms with van der Waals surface area (Å²) in [6.45, 7) is 7.55. The molecule has 0 amide bonds. The Balaban J connectivity index is 2.12. The van der Waals surface area contributed by atoms with Gasteiger partial charge in [-0.2, -0.15) is 0 Å². The number of aryl methyl sites for hydroxylation is 2. The molecule has 2 unspecified atom stereocenters. The van der Waals surface area contributed by atoms with Crippen LogP contribution in [0.2, 0.25) is 0 Å². The molecule has 118 valence electrons. The van der Waals surface area contributed by atoms with Gasteiger partial charge in [0.15, 0.2) is 0 Å². The Labute approximate surface area is 128 Å². The number of methoxy groups -OCH3 is 1. The van der Waals surface area contributed by atoms with Gasteiger partial charge in [-0.3, -0.25) is 0 Å². The molecular weight excluding hydrogens is 262 g/mol. The zero-order valence-electron chi connectivity index (χ0n) is 14.0. The van der Waals surface area contributed by atoms with E-state index in [2.05, 4.69) is 49.9 Å². The van der Waals surface area contributed by atoms with E-state index >= 15 is 0 Å². The highest BCUT2D eigenvalue weighted by atomic mass is 16.5. The van der Waals surface area contributed by atoms with Crippen LogP contribution in [0.15, 0.2) is 12.1 Å². The van der Waals surface area contributed by atoms with Gasteiger partial charge in [0.05, 0.1) is 7.11 Å². The maximum atomic E-state index is 6.51. The normalized spacial score (nSPS) is 22.3. The number of hydrogen-bond donors (Lipinski definition) is 1. The summed E-state index contributed by atoms with van der Waals surface area (Å²) in [7, 11) is 6.11. The minimum absolute atomic E-state index is 0.0774. The Morgan fingerprint density at radius 2 is 1.95 bits per heavy atom. The second kappa shape index (κ2) is 6.77. The van der Waals surface area contributed by atoms with E-state index in [1.165, 1.54) is 11.1 Å². The summed E-state index contributed by atoms with van der Waals surface area (Å²) in [6.07, 6.45) is 0.994. The standard InChI is InChI=1S/C17H29N3O/c1-12-9-17(21-5)13(2)8-15(12)16(18)10-14-11-19(3)6-7-20(14)4/h8-9,14,16H,6-7,10-11,18H2,1-5H3. The average Bonchev–Trinajstić information content (AvgIpc) is 2.44. The summed E-state index contributed by atoms with van der Waals surface area (Å²) < 4.78 is 5.39. The maximum absolute atomic E-state index is 6.51. The fourth-order valence-corrected chi connectivity index (χ4v) is 3.21. The lowest BCUT2D eigenvalue weighted by Gasteiger charge is -2.39. The summed E-state index contributed by atoms with van der Waals surface area (Å²) in [5.41, 5.74) is 10.1. The molecule has 2 atom stereocenters. The summed E-state index contributed by atoms with van der Waals surface area (Å²) in [5, 5.41) is 0. The van der Waals surface area contributed by atoms with Crippen LogP contribution in [-0.4, -0.2) is 56.7 Å². The van der Waals surface area contributed by atoms with E-state index < -0.39 is 0 Å². The first kappa shape index (κ1) is 16.3. The van der Waals surface area contributed by atoms with Crippen molar-refractivity contribution in [2.75, 3.05) is 40.8 Å². The van der Waals surface area contributed by atoms with Gasteiger partial charge in [0.2, 0.25) is 0 Å². The second-order valence-electron chi connectivity index (χ2n) is 6.42. The minimum Gasteiger partial charge on any atom is -0.496 e. The van der Waals surface area contributed by atoms with Crippen molar-refractivity contribution in [1.29, 1.82) is 0 Å². The lowest BCUT2D eigenvalue weighted by atomic mass is 9.93. The smallest absolute Gasteiger partial charge is 0.122 e. The monoisotopic (exact) mass is 291 g/mol. The van der Waals surface area contributed by atoms with E-state index in [9.17, 15) is 0 Å². The quantitative estimate of drug-likeness (QED) is 0.920.